The van der Waals surface area contributed by atoms with Gasteiger partial charge in [0, 0.05) is 7.05 Å². The van der Waals surface area contributed by atoms with Crippen molar-refractivity contribution in [1.29, 1.82) is 0 Å². The summed E-state index contributed by atoms with van der Waals surface area (Å²) in [6.07, 6.45) is 2.21. The van der Waals surface area contributed by atoms with E-state index in [1.165, 1.54) is 17.7 Å². The van der Waals surface area contributed by atoms with E-state index < -0.39 is 5.41 Å². The molecule has 0 radical (unpaired) electrons. The number of nitrogens with zero attached hydrogens (tertiary/aromatic N) is 1. The summed E-state index contributed by atoms with van der Waals surface area (Å²) < 4.78 is 0. The number of hydrogen-bond donors (Lipinski definition) is 0. The highest BCUT2D eigenvalue weighted by molar-refractivity contribution is 5.86. The highest BCUT2D eigenvalue weighted by atomic mass is 16.7. The number of carbonyl (C=O) groups excluding carboxylic acids is 1. The predicted molar refractivity (Wildman–Crippen MR) is 73.2 cm³/mol. The number of benzene rings is 1. The summed E-state index contributed by atoms with van der Waals surface area (Å²) in [4.78, 5) is 17.2. The Morgan fingerprint density at radius 1 is 1.28 bits per heavy atom. The van der Waals surface area contributed by atoms with E-state index in [2.05, 4.69) is 19.1 Å². The lowest BCUT2D eigenvalue weighted by Crippen LogP contribution is -2.40. The topological polar surface area (TPSA) is 29.5 Å². The van der Waals surface area contributed by atoms with Crippen LogP contribution in [0.2, 0.25) is 0 Å². The van der Waals surface area contributed by atoms with Crippen LogP contribution in [0, 0.1) is 0 Å². The average Bonchev–Trinajstić information content (AvgIpc) is 2.38. The molecule has 0 N–H and O–H groups in total. The molecule has 1 rings (SSSR count). The molecule has 0 aliphatic rings. The van der Waals surface area contributed by atoms with Crippen molar-refractivity contribution in [1.82, 2.24) is 5.06 Å². The first-order chi connectivity index (χ1) is 8.43. The first kappa shape index (κ1) is 14.7. The summed E-state index contributed by atoms with van der Waals surface area (Å²) in [5, 5.41) is 1.28. The Hall–Kier alpha value is -1.35. The Bertz CT molecular complexity index is 395. The molecule has 0 aromatic heterocycles. The molecule has 1 aromatic rings. The van der Waals surface area contributed by atoms with E-state index in [9.17, 15) is 4.79 Å². The van der Waals surface area contributed by atoms with Crippen LogP contribution in [-0.2, 0) is 21.5 Å². The second kappa shape index (κ2) is 6.01. The van der Waals surface area contributed by atoms with Crippen molar-refractivity contribution < 1.29 is 9.63 Å². The predicted octanol–water partition coefficient (Wildman–Crippen LogP) is 2.94. The molecular formula is C15H23NO2. The first-order valence-electron chi connectivity index (χ1n) is 6.35. The summed E-state index contributed by atoms with van der Waals surface area (Å²) in [7, 11) is 3.13. The number of hydroxylamine groups is 2. The Labute approximate surface area is 110 Å². The monoisotopic (exact) mass is 249 g/mol. The smallest absolute Gasteiger partial charge is 0.255 e. The fourth-order valence-electron chi connectivity index (χ4n) is 1.98. The maximum Gasteiger partial charge on any atom is 0.255 e. The van der Waals surface area contributed by atoms with E-state index in [0.29, 0.717) is 0 Å². The number of aryl methyl sites for hydroxylation is 1. The van der Waals surface area contributed by atoms with Crippen LogP contribution in [0.15, 0.2) is 24.3 Å². The van der Waals surface area contributed by atoms with Gasteiger partial charge < -0.3 is 0 Å². The summed E-state index contributed by atoms with van der Waals surface area (Å²) in [6.45, 7) is 5.99. The number of hydrogen-bond acceptors (Lipinski definition) is 2. The zero-order chi connectivity index (χ0) is 13.8. The lowest BCUT2D eigenvalue weighted by Gasteiger charge is -2.28. The molecule has 3 heteroatoms. The van der Waals surface area contributed by atoms with Crippen molar-refractivity contribution in [2.45, 2.75) is 39.0 Å². The second-order valence-corrected chi connectivity index (χ2v) is 5.06. The number of carbonyl (C=O) groups is 1. The van der Waals surface area contributed by atoms with Gasteiger partial charge in [0.15, 0.2) is 0 Å². The highest BCUT2D eigenvalue weighted by Gasteiger charge is 2.32. The highest BCUT2D eigenvalue weighted by Crippen LogP contribution is 2.26. The van der Waals surface area contributed by atoms with Crippen LogP contribution in [0.4, 0.5) is 0 Å². The Morgan fingerprint density at radius 2 is 1.83 bits per heavy atom. The van der Waals surface area contributed by atoms with Crippen LogP contribution >= 0.6 is 0 Å². The maximum atomic E-state index is 12.2. The Kier molecular flexibility index (Phi) is 4.91. The second-order valence-electron chi connectivity index (χ2n) is 5.06. The molecule has 0 saturated carbocycles. The Morgan fingerprint density at radius 3 is 2.28 bits per heavy atom. The van der Waals surface area contributed by atoms with Gasteiger partial charge in [-0.15, -0.1) is 0 Å². The zero-order valence-corrected chi connectivity index (χ0v) is 12.0. The largest absolute Gasteiger partial charge is 0.275 e. The maximum absolute atomic E-state index is 12.2. The van der Waals surface area contributed by atoms with Crippen molar-refractivity contribution in [3.05, 3.63) is 35.4 Å². The van der Waals surface area contributed by atoms with Gasteiger partial charge in [0.05, 0.1) is 12.5 Å². The summed E-state index contributed by atoms with van der Waals surface area (Å²) in [6, 6.07) is 8.26. The fraction of sp³-hybridized carbons (Fsp3) is 0.533. The van der Waals surface area contributed by atoms with Gasteiger partial charge in [-0.3, -0.25) is 9.63 Å². The van der Waals surface area contributed by atoms with E-state index >= 15 is 0 Å². The number of likely N-dealkylation sites (N-methyl/N-ethyl adjacent to an activating group) is 1. The molecule has 18 heavy (non-hydrogen) atoms. The van der Waals surface area contributed by atoms with Crippen molar-refractivity contribution >= 4 is 5.91 Å². The van der Waals surface area contributed by atoms with Crippen LogP contribution in [0.5, 0.6) is 0 Å². The third-order valence-corrected chi connectivity index (χ3v) is 3.31. The molecule has 1 aromatic carbocycles. The van der Waals surface area contributed by atoms with E-state index in [-0.39, 0.29) is 5.91 Å². The third kappa shape index (κ3) is 3.10. The zero-order valence-electron chi connectivity index (χ0n) is 12.0. The van der Waals surface area contributed by atoms with Crippen LogP contribution < -0.4 is 0 Å². The van der Waals surface area contributed by atoms with E-state index in [1.807, 2.05) is 26.0 Å². The van der Waals surface area contributed by atoms with E-state index in [0.717, 1.165) is 18.4 Å². The molecule has 0 aliphatic carbocycles. The van der Waals surface area contributed by atoms with Gasteiger partial charge in [-0.1, -0.05) is 37.6 Å². The van der Waals surface area contributed by atoms with Crippen LogP contribution in [0.1, 0.15) is 38.3 Å². The lowest BCUT2D eigenvalue weighted by molar-refractivity contribution is -0.174. The van der Waals surface area contributed by atoms with Crippen molar-refractivity contribution in [3.8, 4) is 0 Å². The number of rotatable bonds is 5. The molecule has 3 nitrogen and oxygen atoms in total. The van der Waals surface area contributed by atoms with Gasteiger partial charge in [0.2, 0.25) is 0 Å². The minimum absolute atomic E-state index is 0.0479. The van der Waals surface area contributed by atoms with Crippen molar-refractivity contribution in [2.24, 2.45) is 0 Å². The normalized spacial score (nSPS) is 11.4. The van der Waals surface area contributed by atoms with Crippen molar-refractivity contribution in [3.63, 3.8) is 0 Å². The van der Waals surface area contributed by atoms with Gasteiger partial charge >= 0.3 is 0 Å². The molecule has 0 spiro atoms. The van der Waals surface area contributed by atoms with Gasteiger partial charge in [0.25, 0.3) is 5.91 Å². The first-order valence-corrected chi connectivity index (χ1v) is 6.35. The molecule has 0 heterocycles. The molecule has 0 fully saturated rings. The molecule has 0 unspecified atom stereocenters. The Balaban J connectivity index is 2.94. The fourth-order valence-corrected chi connectivity index (χ4v) is 1.98. The van der Waals surface area contributed by atoms with E-state index in [1.54, 1.807) is 7.05 Å². The SMILES string of the molecule is CCCc1ccc(C(C)(C)C(=O)N(C)OC)cc1. The van der Waals surface area contributed by atoms with Gasteiger partial charge in [-0.05, 0) is 31.4 Å². The summed E-state index contributed by atoms with van der Waals surface area (Å²) in [5.41, 5.74) is 1.75. The molecule has 1 amide bonds. The molecule has 0 atom stereocenters. The minimum Gasteiger partial charge on any atom is -0.275 e. The van der Waals surface area contributed by atoms with E-state index in [4.69, 9.17) is 4.84 Å². The molecule has 0 saturated heterocycles. The molecular weight excluding hydrogens is 226 g/mol. The molecule has 0 bridgehead atoms. The quantitative estimate of drug-likeness (QED) is 0.751. The standard InChI is InChI=1S/C15H23NO2/c1-6-7-12-8-10-13(11-9-12)15(2,3)14(17)16(4)18-5/h8-11H,6-7H2,1-5H3. The number of amides is 1. The van der Waals surface area contributed by atoms with Gasteiger partial charge in [-0.25, -0.2) is 5.06 Å². The molecule has 0 aliphatic heterocycles. The van der Waals surface area contributed by atoms with Crippen LogP contribution in [0.25, 0.3) is 0 Å². The van der Waals surface area contributed by atoms with Crippen LogP contribution in [-0.4, -0.2) is 25.1 Å². The summed E-state index contributed by atoms with van der Waals surface area (Å²) >= 11 is 0. The van der Waals surface area contributed by atoms with Gasteiger partial charge in [-0.2, -0.15) is 0 Å². The lowest BCUT2D eigenvalue weighted by atomic mass is 9.83. The minimum atomic E-state index is -0.574. The molecule has 100 valence electrons. The average molecular weight is 249 g/mol. The summed E-state index contributed by atoms with van der Waals surface area (Å²) in [5.74, 6) is -0.0479. The van der Waals surface area contributed by atoms with Crippen molar-refractivity contribution in [2.75, 3.05) is 14.2 Å². The van der Waals surface area contributed by atoms with Gasteiger partial charge in [0.1, 0.15) is 0 Å². The van der Waals surface area contributed by atoms with Crippen LogP contribution in [0.3, 0.4) is 0 Å². The third-order valence-electron chi connectivity index (χ3n) is 3.31.